The van der Waals surface area contributed by atoms with Crippen LogP contribution in [0.1, 0.15) is 51.6 Å². The zero-order chi connectivity index (χ0) is 17.4. The standard InChI is InChI=1S/C18H26N6O/c1-10(2)14-7-16(24-23-14)21-17-8-19-9-18(22-17)25-15-6-12-4-5-13(20-12)11(15)3/h7-13,15,20H,4-6H2,1-3H3,(H2,21,22,23,24)/t11-,12-,13+,15-/m1/s1. The van der Waals surface area contributed by atoms with Crippen LogP contribution in [0.25, 0.3) is 0 Å². The molecule has 2 aromatic rings. The van der Waals surface area contributed by atoms with Crippen molar-refractivity contribution in [1.29, 1.82) is 0 Å². The molecule has 0 spiro atoms. The summed E-state index contributed by atoms with van der Waals surface area (Å²) < 4.78 is 6.19. The van der Waals surface area contributed by atoms with Crippen LogP contribution in [0.2, 0.25) is 0 Å². The number of fused-ring (bicyclic) bond motifs is 2. The largest absolute Gasteiger partial charge is 0.473 e. The lowest BCUT2D eigenvalue weighted by Gasteiger charge is -2.35. The summed E-state index contributed by atoms with van der Waals surface area (Å²) in [6.07, 6.45) is 7.10. The van der Waals surface area contributed by atoms with Crippen LogP contribution in [-0.2, 0) is 0 Å². The summed E-state index contributed by atoms with van der Waals surface area (Å²) in [6.45, 7) is 6.51. The van der Waals surface area contributed by atoms with Gasteiger partial charge in [0.25, 0.3) is 0 Å². The number of nitrogens with one attached hydrogen (secondary N) is 3. The van der Waals surface area contributed by atoms with E-state index in [1.165, 1.54) is 12.8 Å². The molecule has 2 aliphatic heterocycles. The Morgan fingerprint density at radius 3 is 2.92 bits per heavy atom. The van der Waals surface area contributed by atoms with Crippen molar-refractivity contribution in [3.63, 3.8) is 0 Å². The number of hydrogen-bond donors (Lipinski definition) is 3. The highest BCUT2D eigenvalue weighted by Gasteiger charge is 2.40. The van der Waals surface area contributed by atoms with Gasteiger partial charge in [-0.3, -0.25) is 10.1 Å². The Morgan fingerprint density at radius 1 is 1.24 bits per heavy atom. The SMILES string of the molecule is CC(C)c1cc(Nc2cncc(O[C@@H]3C[C@H]4CC[C@H](N4)[C@H]3C)n2)n[nH]1. The van der Waals surface area contributed by atoms with E-state index < -0.39 is 0 Å². The smallest absolute Gasteiger partial charge is 0.234 e. The first-order chi connectivity index (χ1) is 12.1. The molecule has 25 heavy (non-hydrogen) atoms. The van der Waals surface area contributed by atoms with Crippen LogP contribution in [0.4, 0.5) is 11.6 Å². The first-order valence-corrected chi connectivity index (χ1v) is 9.15. The number of anilines is 2. The lowest BCUT2D eigenvalue weighted by molar-refractivity contribution is 0.0788. The van der Waals surface area contributed by atoms with E-state index in [1.54, 1.807) is 12.4 Å². The van der Waals surface area contributed by atoms with Crippen LogP contribution < -0.4 is 15.4 Å². The molecule has 7 heteroatoms. The van der Waals surface area contributed by atoms with Gasteiger partial charge in [0.1, 0.15) is 6.10 Å². The zero-order valence-corrected chi connectivity index (χ0v) is 15.0. The first kappa shape index (κ1) is 16.3. The minimum absolute atomic E-state index is 0.196. The molecule has 2 aliphatic rings. The lowest BCUT2D eigenvalue weighted by atomic mass is 9.91. The van der Waals surface area contributed by atoms with Gasteiger partial charge >= 0.3 is 0 Å². The Morgan fingerprint density at radius 2 is 2.12 bits per heavy atom. The highest BCUT2D eigenvalue weighted by atomic mass is 16.5. The molecular weight excluding hydrogens is 316 g/mol. The summed E-state index contributed by atoms with van der Waals surface area (Å²) in [4.78, 5) is 8.81. The lowest BCUT2D eigenvalue weighted by Crippen LogP contribution is -2.49. The molecule has 0 aromatic carbocycles. The van der Waals surface area contributed by atoms with Crippen LogP contribution in [0, 0.1) is 5.92 Å². The van der Waals surface area contributed by atoms with Gasteiger partial charge in [-0.15, -0.1) is 0 Å². The second-order valence-electron chi connectivity index (χ2n) is 7.53. The topological polar surface area (TPSA) is 87.8 Å². The predicted molar refractivity (Wildman–Crippen MR) is 96.1 cm³/mol. The van der Waals surface area contributed by atoms with Crippen molar-refractivity contribution < 1.29 is 4.74 Å². The van der Waals surface area contributed by atoms with Gasteiger partial charge in [-0.2, -0.15) is 10.1 Å². The Labute approximate surface area is 148 Å². The van der Waals surface area contributed by atoms with Crippen molar-refractivity contribution >= 4 is 11.6 Å². The number of H-pyrrole nitrogens is 1. The fraction of sp³-hybridized carbons (Fsp3) is 0.611. The quantitative estimate of drug-likeness (QED) is 0.774. The molecule has 0 aliphatic carbocycles. The number of hydrogen-bond acceptors (Lipinski definition) is 6. The van der Waals surface area contributed by atoms with E-state index in [2.05, 4.69) is 51.6 Å². The second kappa shape index (κ2) is 6.63. The number of piperidine rings is 1. The molecule has 2 fully saturated rings. The van der Waals surface area contributed by atoms with Crippen LogP contribution in [0.15, 0.2) is 18.5 Å². The van der Waals surface area contributed by atoms with Gasteiger partial charge in [-0.05, 0) is 25.2 Å². The summed E-state index contributed by atoms with van der Waals surface area (Å²) >= 11 is 0. The molecule has 4 rings (SSSR count). The molecule has 7 nitrogen and oxygen atoms in total. The van der Waals surface area contributed by atoms with E-state index in [9.17, 15) is 0 Å². The van der Waals surface area contributed by atoms with Crippen molar-refractivity contribution in [2.75, 3.05) is 5.32 Å². The molecular formula is C18H26N6O. The van der Waals surface area contributed by atoms with Crippen LogP contribution in [0.3, 0.4) is 0 Å². The third-order valence-electron chi connectivity index (χ3n) is 5.37. The van der Waals surface area contributed by atoms with E-state index in [0.717, 1.165) is 17.9 Å². The highest BCUT2D eigenvalue weighted by molar-refractivity contribution is 5.51. The number of aromatic amines is 1. The Kier molecular flexibility index (Phi) is 4.33. The van der Waals surface area contributed by atoms with Crippen LogP contribution in [0.5, 0.6) is 5.88 Å². The molecule has 0 radical (unpaired) electrons. The van der Waals surface area contributed by atoms with E-state index in [-0.39, 0.29) is 6.10 Å². The average molecular weight is 342 g/mol. The van der Waals surface area contributed by atoms with Crippen molar-refractivity contribution in [1.82, 2.24) is 25.5 Å². The molecule has 2 saturated heterocycles. The molecule has 2 bridgehead atoms. The van der Waals surface area contributed by atoms with Gasteiger partial charge in [-0.1, -0.05) is 20.8 Å². The van der Waals surface area contributed by atoms with Crippen molar-refractivity contribution in [3.05, 3.63) is 24.2 Å². The number of nitrogens with zero attached hydrogens (tertiary/aromatic N) is 3. The normalized spacial score (nSPS) is 28.3. The summed E-state index contributed by atoms with van der Waals surface area (Å²) in [5.41, 5.74) is 1.09. The molecule has 134 valence electrons. The van der Waals surface area contributed by atoms with Crippen molar-refractivity contribution in [2.24, 2.45) is 5.92 Å². The predicted octanol–water partition coefficient (Wildman–Crippen LogP) is 2.97. The zero-order valence-electron chi connectivity index (χ0n) is 15.0. The molecule has 4 heterocycles. The van der Waals surface area contributed by atoms with Gasteiger partial charge in [0, 0.05) is 29.8 Å². The highest BCUT2D eigenvalue weighted by Crippen LogP contribution is 2.33. The first-order valence-electron chi connectivity index (χ1n) is 9.15. The molecule has 0 amide bonds. The third kappa shape index (κ3) is 3.46. The number of rotatable bonds is 5. The fourth-order valence-electron chi connectivity index (χ4n) is 3.81. The van der Waals surface area contributed by atoms with Crippen LogP contribution in [-0.4, -0.2) is 38.4 Å². The summed E-state index contributed by atoms with van der Waals surface area (Å²) in [5.74, 6) is 2.84. The molecule has 0 saturated carbocycles. The number of ether oxygens (including phenoxy) is 1. The van der Waals surface area contributed by atoms with E-state index in [1.807, 2.05) is 6.07 Å². The summed E-state index contributed by atoms with van der Waals surface area (Å²) in [6, 6.07) is 3.14. The monoisotopic (exact) mass is 342 g/mol. The Balaban J connectivity index is 1.44. The van der Waals surface area contributed by atoms with Crippen molar-refractivity contribution in [3.8, 4) is 5.88 Å². The average Bonchev–Trinajstić information content (AvgIpc) is 3.21. The van der Waals surface area contributed by atoms with Crippen LogP contribution >= 0.6 is 0 Å². The van der Waals surface area contributed by atoms with Gasteiger partial charge < -0.3 is 15.4 Å². The summed E-state index contributed by atoms with van der Waals surface area (Å²) in [5, 5.41) is 14.2. The van der Waals surface area contributed by atoms with Gasteiger partial charge in [0.15, 0.2) is 11.6 Å². The molecule has 2 aromatic heterocycles. The van der Waals surface area contributed by atoms with Gasteiger partial charge in [0.2, 0.25) is 5.88 Å². The van der Waals surface area contributed by atoms with E-state index in [4.69, 9.17) is 4.74 Å². The van der Waals surface area contributed by atoms with Gasteiger partial charge in [0.05, 0.1) is 12.4 Å². The van der Waals surface area contributed by atoms with Crippen molar-refractivity contribution in [2.45, 2.75) is 64.1 Å². The third-order valence-corrected chi connectivity index (χ3v) is 5.37. The molecule has 0 unspecified atom stereocenters. The maximum absolute atomic E-state index is 6.19. The Bertz CT molecular complexity index is 730. The second-order valence-corrected chi connectivity index (χ2v) is 7.53. The minimum Gasteiger partial charge on any atom is -0.473 e. The summed E-state index contributed by atoms with van der Waals surface area (Å²) in [7, 11) is 0. The van der Waals surface area contributed by atoms with E-state index in [0.29, 0.717) is 35.6 Å². The molecule has 4 atom stereocenters. The fourth-order valence-corrected chi connectivity index (χ4v) is 3.81. The maximum atomic E-state index is 6.19. The molecule has 3 N–H and O–H groups in total. The maximum Gasteiger partial charge on any atom is 0.234 e. The van der Waals surface area contributed by atoms with E-state index >= 15 is 0 Å². The number of aromatic nitrogens is 4. The minimum atomic E-state index is 0.196. The Hall–Kier alpha value is -2.15. The van der Waals surface area contributed by atoms with Gasteiger partial charge in [-0.25, -0.2) is 0 Å².